The maximum atomic E-state index is 13.7. The third kappa shape index (κ3) is 24.3. The van der Waals surface area contributed by atoms with Crippen molar-refractivity contribution in [2.75, 3.05) is 115 Å². The molecule has 9 aromatic rings. The lowest BCUT2D eigenvalue weighted by atomic mass is 9.98. The van der Waals surface area contributed by atoms with Gasteiger partial charge in [-0.2, -0.15) is 52.7 Å². The Labute approximate surface area is 720 Å². The third-order valence-electron chi connectivity index (χ3n) is 20.3. The Morgan fingerprint density at radius 2 is 0.762 bits per heavy atom. The Bertz CT molecular complexity index is 5020. The number of pyridine rings is 8. The van der Waals surface area contributed by atoms with Crippen molar-refractivity contribution in [3.05, 3.63) is 223 Å². The minimum absolute atomic E-state index is 0. The largest absolute Gasteiger partial charge is 0.418 e. The van der Waals surface area contributed by atoms with E-state index in [1.807, 2.05) is 49.9 Å². The van der Waals surface area contributed by atoms with Crippen molar-refractivity contribution in [2.45, 2.75) is 135 Å². The molecule has 38 heteroatoms. The number of ketones is 4. The molecule has 12 N–H and O–H groups in total. The first-order valence-electron chi connectivity index (χ1n) is 39.5. The second-order valence-electron chi connectivity index (χ2n) is 30.5. The normalized spacial score (nSPS) is 17.8. The first kappa shape index (κ1) is 93.3. The molecule has 8 aromatic heterocycles. The molecule has 0 radical (unpaired) electrons. The molecule has 0 saturated carbocycles. The van der Waals surface area contributed by atoms with Gasteiger partial charge in [-0.15, -0.1) is 0 Å². The van der Waals surface area contributed by atoms with Crippen LogP contribution in [-0.2, 0) is 24.7 Å². The van der Waals surface area contributed by atoms with Crippen LogP contribution < -0.4 is 63.8 Å². The summed E-state index contributed by atoms with van der Waals surface area (Å²) in [6.07, 6.45) is -8.01. The van der Waals surface area contributed by atoms with Crippen LogP contribution in [0.15, 0.2) is 140 Å². The van der Waals surface area contributed by atoms with Gasteiger partial charge in [-0.25, -0.2) is 39.9 Å². The third-order valence-corrected chi connectivity index (χ3v) is 20.7. The number of hydrogen-bond donors (Lipinski definition) is 8. The number of hydrogen-bond acceptors (Lipinski definition) is 24. The minimum atomic E-state index is -4.77. The molecule has 4 aliphatic heterocycles. The Morgan fingerprint density at radius 1 is 0.426 bits per heavy atom. The van der Waals surface area contributed by atoms with Gasteiger partial charge in [0, 0.05) is 140 Å². The van der Waals surface area contributed by atoms with E-state index in [0.717, 1.165) is 68.4 Å². The van der Waals surface area contributed by atoms with Crippen LogP contribution in [0.4, 0.5) is 99.2 Å². The molecule has 670 valence electrons. The quantitative estimate of drug-likeness (QED) is 0.0245. The van der Waals surface area contributed by atoms with Gasteiger partial charge in [0.15, 0.2) is 0 Å². The van der Waals surface area contributed by atoms with Crippen molar-refractivity contribution in [3.8, 4) is 0 Å². The van der Waals surface area contributed by atoms with Crippen LogP contribution in [0, 0.1) is 11.8 Å². The van der Waals surface area contributed by atoms with Gasteiger partial charge in [0.05, 0.1) is 54.6 Å². The van der Waals surface area contributed by atoms with Gasteiger partial charge in [0.2, 0.25) is 23.1 Å². The number of alkyl halides is 12. The van der Waals surface area contributed by atoms with Crippen LogP contribution in [0.2, 0.25) is 10.0 Å². The zero-order valence-electron chi connectivity index (χ0n) is 67.4. The number of carbonyl (C=O) groups excluding carboxylic acids is 4. The number of nitrogens with one attached hydrogen (secondary N) is 4. The van der Waals surface area contributed by atoms with Gasteiger partial charge in [0.25, 0.3) is 0 Å². The topological polar surface area (TPSA) is 337 Å². The van der Waals surface area contributed by atoms with Crippen LogP contribution in [0.5, 0.6) is 0 Å². The average Bonchev–Trinajstić information content (AvgIpc) is 0.820. The Balaban J connectivity index is 0.000000856. The monoisotopic (exact) mass is 1760 g/mol. The number of rotatable bonds is 21. The van der Waals surface area contributed by atoms with Crippen molar-refractivity contribution < 1.29 is 84.7 Å². The Kier molecular flexibility index (Phi) is 31.3. The van der Waals surface area contributed by atoms with Crippen molar-refractivity contribution in [1.82, 2.24) is 61.1 Å². The summed E-state index contributed by atoms with van der Waals surface area (Å²) in [5, 5.41) is 14.0. The summed E-state index contributed by atoms with van der Waals surface area (Å²) in [6.45, 7) is 19.3. The van der Waals surface area contributed by atoms with E-state index in [4.69, 9.17) is 46.1 Å². The van der Waals surface area contributed by atoms with Gasteiger partial charge in [0.1, 0.15) is 69.3 Å². The van der Waals surface area contributed by atoms with E-state index in [1.165, 1.54) is 85.5 Å². The van der Waals surface area contributed by atoms with E-state index in [1.54, 1.807) is 0 Å². The van der Waals surface area contributed by atoms with E-state index in [9.17, 15) is 71.9 Å². The first-order valence-corrected chi connectivity index (χ1v) is 40.2. The lowest BCUT2D eigenvalue weighted by Crippen LogP contribution is -2.57. The van der Waals surface area contributed by atoms with Crippen molar-refractivity contribution >= 4 is 92.9 Å². The van der Waals surface area contributed by atoms with E-state index in [2.05, 4.69) is 103 Å². The smallest absolute Gasteiger partial charge is 0.383 e. The molecule has 12 heterocycles. The molecule has 4 fully saturated rings. The highest BCUT2D eigenvalue weighted by Gasteiger charge is 2.43. The Hall–Kier alpha value is -10.9. The predicted octanol–water partition coefficient (Wildman–Crippen LogP) is 17.3. The highest BCUT2D eigenvalue weighted by Crippen LogP contribution is 2.40. The number of anilines is 8. The molecule has 4 saturated heterocycles. The fourth-order valence-corrected chi connectivity index (χ4v) is 15.1. The van der Waals surface area contributed by atoms with Crippen molar-refractivity contribution in [1.29, 1.82) is 0 Å². The molecule has 24 nitrogen and oxygen atoms in total. The molecule has 1 unspecified atom stereocenters. The molecule has 5 atom stereocenters. The molecular formula is C84H112Cl2F12N20O4. The molecule has 0 aliphatic carbocycles. The summed E-state index contributed by atoms with van der Waals surface area (Å²) < 4.78 is 163. The standard InChI is InChI=1S/2C23H30F3N5O.C22H19ClF3N5O.C16H15ClF3N5O.9H2/c2*1-4-6-15-12-31(13-16(29-15)11-14(2)3)19-9-8-18(23(24,25)26)20(30-19)21(32)17-7-5-10-28-22(17)27;23-14-10-15(21(27)29-11-14)20(32)19-16(22(24,25)26)6-7-18(30-19)31-9-8-28-17(12-31)13-4-2-1-3-5-13;17-9-7-10(15(21)23-8-9)14(26)13-11(16(18,19)20)1-2-12(24-13)25-5-3-22-4-6-25;;;;;;;;;/h2*5,7-10,14-16,29H,4,6,11-13H2,1-3H3,(H2,27,28);1-7,10-11,17,28H,8-9,12H2,(H2,27,29);1-2,7-8,22H,3-6H2,(H2,21,23);9*1H/t15-,16+;15-,16-;;;;;;;;;;;/m10.........../s1. The zero-order chi connectivity index (χ0) is 88.7. The second kappa shape index (κ2) is 40.8. The summed E-state index contributed by atoms with van der Waals surface area (Å²) in [4.78, 5) is 91.2. The van der Waals surface area contributed by atoms with E-state index < -0.39 is 92.9 Å². The number of nitrogens with zero attached hydrogens (tertiary/aromatic N) is 12. The number of nitrogens with two attached hydrogens (primary N) is 4. The maximum Gasteiger partial charge on any atom is 0.418 e. The van der Waals surface area contributed by atoms with Crippen LogP contribution >= 0.6 is 23.2 Å². The van der Waals surface area contributed by atoms with Crippen molar-refractivity contribution in [2.24, 2.45) is 11.8 Å². The fourth-order valence-electron chi connectivity index (χ4n) is 14.8. The molecule has 13 rings (SSSR count). The number of halogens is 14. The van der Waals surface area contributed by atoms with E-state index in [-0.39, 0.29) is 104 Å². The molecule has 4 aliphatic rings. The number of benzene rings is 1. The Morgan fingerprint density at radius 3 is 1.11 bits per heavy atom. The van der Waals surface area contributed by atoms with Gasteiger partial charge in [-0.3, -0.25) is 19.2 Å². The highest BCUT2D eigenvalue weighted by molar-refractivity contribution is 6.31. The van der Waals surface area contributed by atoms with Gasteiger partial charge in [-0.05, 0) is 128 Å². The molecule has 1 aromatic carbocycles. The average molecular weight is 1760 g/mol. The fraction of sp³-hybridized carbons (Fsp3) is 0.405. The maximum absolute atomic E-state index is 13.7. The summed E-state index contributed by atoms with van der Waals surface area (Å²) in [7, 11) is 0. The summed E-state index contributed by atoms with van der Waals surface area (Å²) in [5.74, 6) is -2.15. The van der Waals surface area contributed by atoms with E-state index >= 15 is 0 Å². The van der Waals surface area contributed by atoms with Gasteiger partial charge < -0.3 is 63.8 Å². The summed E-state index contributed by atoms with van der Waals surface area (Å²) in [6, 6.07) is 27.4. The predicted molar refractivity (Wildman–Crippen MR) is 463 cm³/mol. The van der Waals surface area contributed by atoms with E-state index in [0.29, 0.717) is 101 Å². The molecular weight excluding hydrogens is 1650 g/mol. The lowest BCUT2D eigenvalue weighted by molar-refractivity contribution is -0.138. The first-order chi connectivity index (χ1) is 57.7. The molecule has 0 bridgehead atoms. The zero-order valence-corrected chi connectivity index (χ0v) is 69.0. The van der Waals surface area contributed by atoms with Crippen molar-refractivity contribution in [3.63, 3.8) is 0 Å². The number of carbonyl (C=O) groups is 4. The molecule has 0 spiro atoms. The number of piperazine rings is 4. The summed E-state index contributed by atoms with van der Waals surface area (Å²) in [5.41, 5.74) is 16.1. The molecule has 0 amide bonds. The van der Waals surface area contributed by atoms with Crippen LogP contribution in [-0.4, -0.2) is 159 Å². The lowest BCUT2D eigenvalue weighted by Gasteiger charge is -2.40. The second-order valence-corrected chi connectivity index (χ2v) is 31.4. The molecule has 122 heavy (non-hydrogen) atoms. The van der Waals surface area contributed by atoms with Crippen LogP contribution in [0.1, 0.15) is 191 Å². The SMILES string of the molecule is CCC[C@@H]1CN(c2ccc(C(F)(F)F)c(C(=O)c3cccnc3N)n2)C[C@H](CC(C)C)N1.CCC[C@H]1CN(c2ccc(C(F)(F)F)c(C(=O)c3cccnc3N)n2)C[C@H](CC(C)C)N1.Nc1ncc(Cl)cc1C(=O)c1nc(N2CCNC(c3ccccc3)C2)ccc1C(F)(F)F.Nc1ncc(Cl)cc1C(=O)c1nc(N2CCNCC2)ccc1C(F)(F)F.[HH].[HH].[HH].[HH].[HH].[HH].[HH].[HH].[HH]. The van der Waals surface area contributed by atoms with Gasteiger partial charge in [-0.1, -0.05) is 108 Å². The van der Waals surface area contributed by atoms with Crippen LogP contribution in [0.3, 0.4) is 0 Å². The highest BCUT2D eigenvalue weighted by atomic mass is 35.5. The summed E-state index contributed by atoms with van der Waals surface area (Å²) >= 11 is 11.7. The van der Waals surface area contributed by atoms with Crippen LogP contribution in [0.25, 0.3) is 0 Å². The number of aromatic nitrogens is 8. The minimum Gasteiger partial charge on any atom is -0.383 e. The number of nitrogen functional groups attached to an aromatic ring is 4. The van der Waals surface area contributed by atoms with Gasteiger partial charge >= 0.3 is 24.7 Å².